The van der Waals surface area contributed by atoms with Gasteiger partial charge in [0.05, 0.1) is 22.8 Å². The summed E-state index contributed by atoms with van der Waals surface area (Å²) in [6.07, 6.45) is 0.515. The van der Waals surface area contributed by atoms with Crippen molar-refractivity contribution in [1.29, 1.82) is 5.26 Å². The van der Waals surface area contributed by atoms with Crippen LogP contribution in [0, 0.1) is 11.3 Å². The number of nitrogens with zero attached hydrogens (tertiary/aromatic N) is 2. The number of carbonyl (C=O) groups is 1. The second-order valence-corrected chi connectivity index (χ2v) is 8.38. The average Bonchev–Trinajstić information content (AvgIpc) is 2.86. The third-order valence-corrected chi connectivity index (χ3v) is 6.48. The molecule has 1 atom stereocenters. The molecular weight excluding hydrogens is 320 g/mol. The SMILES string of the molecule is CCN(C(=O)CSc1ccccc1C#N)C1CCS(=O)(=O)C1. The maximum Gasteiger partial charge on any atom is 0.233 e. The quantitative estimate of drug-likeness (QED) is 0.763. The van der Waals surface area contributed by atoms with Gasteiger partial charge in [-0.15, -0.1) is 11.8 Å². The third kappa shape index (κ3) is 4.02. The molecule has 1 heterocycles. The van der Waals surface area contributed by atoms with E-state index in [2.05, 4.69) is 6.07 Å². The van der Waals surface area contributed by atoms with Crippen molar-refractivity contribution in [3.63, 3.8) is 0 Å². The van der Waals surface area contributed by atoms with Crippen molar-refractivity contribution in [2.24, 2.45) is 0 Å². The van der Waals surface area contributed by atoms with E-state index in [1.165, 1.54) is 11.8 Å². The van der Waals surface area contributed by atoms with Gasteiger partial charge in [-0.1, -0.05) is 12.1 Å². The summed E-state index contributed by atoms with van der Waals surface area (Å²) in [5, 5.41) is 9.04. The third-order valence-electron chi connectivity index (χ3n) is 3.67. The second kappa shape index (κ2) is 7.16. The fourth-order valence-electron chi connectivity index (χ4n) is 2.57. The van der Waals surface area contributed by atoms with Gasteiger partial charge in [-0.25, -0.2) is 8.42 Å². The molecule has 1 aromatic rings. The number of hydrogen-bond donors (Lipinski definition) is 0. The van der Waals surface area contributed by atoms with Crippen LogP contribution in [0.3, 0.4) is 0 Å². The number of carbonyl (C=O) groups excluding carboxylic acids is 1. The Morgan fingerprint density at radius 1 is 1.45 bits per heavy atom. The molecule has 1 amide bonds. The summed E-state index contributed by atoms with van der Waals surface area (Å²) in [4.78, 5) is 14.8. The van der Waals surface area contributed by atoms with Crippen LogP contribution in [0.5, 0.6) is 0 Å². The Kier molecular flexibility index (Phi) is 5.48. The minimum atomic E-state index is -3.01. The molecule has 1 unspecified atom stereocenters. The van der Waals surface area contributed by atoms with Crippen molar-refractivity contribution in [3.8, 4) is 6.07 Å². The summed E-state index contributed by atoms with van der Waals surface area (Å²) < 4.78 is 23.1. The molecule has 0 bridgehead atoms. The molecule has 7 heteroatoms. The van der Waals surface area contributed by atoms with Gasteiger partial charge in [0.2, 0.25) is 5.91 Å². The van der Waals surface area contributed by atoms with Crippen LogP contribution >= 0.6 is 11.8 Å². The normalized spacial score (nSPS) is 19.5. The van der Waals surface area contributed by atoms with Gasteiger partial charge in [-0.2, -0.15) is 5.26 Å². The van der Waals surface area contributed by atoms with Crippen LogP contribution < -0.4 is 0 Å². The molecule has 1 aliphatic heterocycles. The van der Waals surface area contributed by atoms with E-state index < -0.39 is 9.84 Å². The molecule has 0 aliphatic carbocycles. The molecule has 0 radical (unpaired) electrons. The van der Waals surface area contributed by atoms with Crippen LogP contribution in [0.4, 0.5) is 0 Å². The van der Waals surface area contributed by atoms with E-state index in [9.17, 15) is 13.2 Å². The lowest BCUT2D eigenvalue weighted by atomic mass is 10.2. The maximum absolute atomic E-state index is 12.4. The number of nitriles is 1. The molecular formula is C15H18N2O3S2. The molecule has 22 heavy (non-hydrogen) atoms. The first-order chi connectivity index (χ1) is 10.5. The topological polar surface area (TPSA) is 78.2 Å². The summed E-state index contributed by atoms with van der Waals surface area (Å²) in [5.41, 5.74) is 0.548. The zero-order chi connectivity index (χ0) is 16.2. The monoisotopic (exact) mass is 338 g/mol. The molecule has 0 spiro atoms. The predicted molar refractivity (Wildman–Crippen MR) is 86.3 cm³/mol. The highest BCUT2D eigenvalue weighted by molar-refractivity contribution is 8.00. The maximum atomic E-state index is 12.4. The van der Waals surface area contributed by atoms with Gasteiger partial charge in [0, 0.05) is 17.5 Å². The Hall–Kier alpha value is -1.52. The fraction of sp³-hybridized carbons (Fsp3) is 0.467. The van der Waals surface area contributed by atoms with Crippen LogP contribution in [-0.4, -0.2) is 49.1 Å². The van der Waals surface area contributed by atoms with Gasteiger partial charge in [0.15, 0.2) is 9.84 Å². The van der Waals surface area contributed by atoms with Crippen molar-refractivity contribution in [2.45, 2.75) is 24.3 Å². The van der Waals surface area contributed by atoms with E-state index in [1.54, 1.807) is 17.0 Å². The molecule has 0 aromatic heterocycles. The smallest absolute Gasteiger partial charge is 0.233 e. The number of thioether (sulfide) groups is 1. The second-order valence-electron chi connectivity index (χ2n) is 5.13. The van der Waals surface area contributed by atoms with Crippen molar-refractivity contribution in [2.75, 3.05) is 23.8 Å². The molecule has 1 aliphatic rings. The van der Waals surface area contributed by atoms with E-state index >= 15 is 0 Å². The van der Waals surface area contributed by atoms with E-state index in [4.69, 9.17) is 5.26 Å². The first-order valence-electron chi connectivity index (χ1n) is 7.08. The number of amides is 1. The predicted octanol–water partition coefficient (Wildman–Crippen LogP) is 1.69. The highest BCUT2D eigenvalue weighted by atomic mass is 32.2. The van der Waals surface area contributed by atoms with Gasteiger partial charge < -0.3 is 4.90 Å². The van der Waals surface area contributed by atoms with Gasteiger partial charge >= 0.3 is 0 Å². The highest BCUT2D eigenvalue weighted by Gasteiger charge is 2.33. The molecule has 2 rings (SSSR count). The lowest BCUT2D eigenvalue weighted by molar-refractivity contribution is -0.129. The first-order valence-corrected chi connectivity index (χ1v) is 9.89. The fourth-order valence-corrected chi connectivity index (χ4v) is 5.19. The van der Waals surface area contributed by atoms with Gasteiger partial charge in [-0.05, 0) is 25.5 Å². The Morgan fingerprint density at radius 2 is 2.18 bits per heavy atom. The Labute approximate surface area is 135 Å². The van der Waals surface area contributed by atoms with E-state index in [0.29, 0.717) is 18.5 Å². The minimum Gasteiger partial charge on any atom is -0.338 e. The standard InChI is InChI=1S/C15H18N2O3S2/c1-2-17(13-7-8-22(19,20)11-13)15(18)10-21-14-6-4-3-5-12(14)9-16/h3-6,13H,2,7-8,10-11H2,1H3. The van der Waals surface area contributed by atoms with Crippen LogP contribution in [0.1, 0.15) is 18.9 Å². The molecule has 1 aromatic carbocycles. The van der Waals surface area contributed by atoms with E-state index in [1.807, 2.05) is 19.1 Å². The number of sulfone groups is 1. The van der Waals surface area contributed by atoms with E-state index in [-0.39, 0.29) is 29.2 Å². The summed E-state index contributed by atoms with van der Waals surface area (Å²) >= 11 is 1.32. The highest BCUT2D eigenvalue weighted by Crippen LogP contribution is 2.24. The van der Waals surface area contributed by atoms with Crippen molar-refractivity contribution >= 4 is 27.5 Å². The first kappa shape index (κ1) is 16.8. The zero-order valence-corrected chi connectivity index (χ0v) is 14.0. The Morgan fingerprint density at radius 3 is 2.77 bits per heavy atom. The average molecular weight is 338 g/mol. The summed E-state index contributed by atoms with van der Waals surface area (Å²) in [5.74, 6) is 0.350. The van der Waals surface area contributed by atoms with Crippen LogP contribution in [-0.2, 0) is 14.6 Å². The minimum absolute atomic E-state index is 0.0615. The van der Waals surface area contributed by atoms with Gasteiger partial charge in [-0.3, -0.25) is 4.79 Å². The zero-order valence-electron chi connectivity index (χ0n) is 12.4. The lowest BCUT2D eigenvalue weighted by Gasteiger charge is -2.26. The van der Waals surface area contributed by atoms with Gasteiger partial charge in [0.1, 0.15) is 6.07 Å². The number of hydrogen-bond acceptors (Lipinski definition) is 5. The van der Waals surface area contributed by atoms with Crippen LogP contribution in [0.15, 0.2) is 29.2 Å². The molecule has 0 saturated carbocycles. The van der Waals surface area contributed by atoms with E-state index in [0.717, 1.165) is 4.90 Å². The van der Waals surface area contributed by atoms with Crippen LogP contribution in [0.25, 0.3) is 0 Å². The lowest BCUT2D eigenvalue weighted by Crippen LogP contribution is -2.41. The van der Waals surface area contributed by atoms with Gasteiger partial charge in [0.25, 0.3) is 0 Å². The molecule has 5 nitrogen and oxygen atoms in total. The summed E-state index contributed by atoms with van der Waals surface area (Å²) in [6, 6.07) is 9.03. The van der Waals surface area contributed by atoms with Crippen molar-refractivity contribution in [3.05, 3.63) is 29.8 Å². The molecule has 1 saturated heterocycles. The van der Waals surface area contributed by atoms with Crippen molar-refractivity contribution in [1.82, 2.24) is 4.90 Å². The number of rotatable bonds is 5. The largest absolute Gasteiger partial charge is 0.338 e. The summed E-state index contributed by atoms with van der Waals surface area (Å²) in [7, 11) is -3.01. The molecule has 1 fully saturated rings. The molecule has 0 N–H and O–H groups in total. The number of benzene rings is 1. The Bertz CT molecular complexity index is 695. The van der Waals surface area contributed by atoms with Crippen molar-refractivity contribution < 1.29 is 13.2 Å². The molecule has 118 valence electrons. The Balaban J connectivity index is 2.00. The summed E-state index contributed by atoms with van der Waals surface area (Å²) in [6.45, 7) is 2.36. The van der Waals surface area contributed by atoms with Crippen LogP contribution in [0.2, 0.25) is 0 Å².